The second kappa shape index (κ2) is 7.47. The second-order valence-electron chi connectivity index (χ2n) is 6.22. The van der Waals surface area contributed by atoms with Gasteiger partial charge in [-0.2, -0.15) is 4.98 Å². The first-order chi connectivity index (χ1) is 11.7. The van der Waals surface area contributed by atoms with E-state index in [9.17, 15) is 4.79 Å². The quantitative estimate of drug-likeness (QED) is 0.839. The summed E-state index contributed by atoms with van der Waals surface area (Å²) < 4.78 is 5.35. The molecule has 2 heterocycles. The van der Waals surface area contributed by atoms with Crippen LogP contribution < -0.4 is 10.2 Å². The molecule has 1 aliphatic heterocycles. The SMILES string of the molecule is CCCCc1noc([C@@H](C)Nc2cccc(N3CCCC3=O)c2)n1. The summed E-state index contributed by atoms with van der Waals surface area (Å²) in [4.78, 5) is 18.2. The van der Waals surface area contributed by atoms with Crippen LogP contribution in [0.1, 0.15) is 57.3 Å². The summed E-state index contributed by atoms with van der Waals surface area (Å²) in [5.41, 5.74) is 1.87. The van der Waals surface area contributed by atoms with Gasteiger partial charge in [0.2, 0.25) is 11.8 Å². The zero-order chi connectivity index (χ0) is 16.9. The van der Waals surface area contributed by atoms with Gasteiger partial charge in [-0.3, -0.25) is 4.79 Å². The average Bonchev–Trinajstić information content (AvgIpc) is 3.22. The topological polar surface area (TPSA) is 71.3 Å². The number of benzene rings is 1. The molecule has 1 saturated heterocycles. The molecule has 0 radical (unpaired) electrons. The van der Waals surface area contributed by atoms with Crippen molar-refractivity contribution in [3.8, 4) is 0 Å². The molecule has 0 saturated carbocycles. The van der Waals surface area contributed by atoms with Crippen LogP contribution in [0.5, 0.6) is 0 Å². The Hall–Kier alpha value is -2.37. The fraction of sp³-hybridized carbons (Fsp3) is 0.500. The van der Waals surface area contributed by atoms with Crippen LogP contribution >= 0.6 is 0 Å². The van der Waals surface area contributed by atoms with E-state index in [1.807, 2.05) is 36.1 Å². The smallest absolute Gasteiger partial charge is 0.248 e. The van der Waals surface area contributed by atoms with Crippen LogP contribution in [0.25, 0.3) is 0 Å². The number of rotatable bonds is 7. The molecule has 1 N–H and O–H groups in total. The Bertz CT molecular complexity index is 698. The Morgan fingerprint density at radius 1 is 1.42 bits per heavy atom. The number of hydrogen-bond acceptors (Lipinski definition) is 5. The molecule has 0 unspecified atom stereocenters. The van der Waals surface area contributed by atoms with E-state index in [1.54, 1.807) is 0 Å². The van der Waals surface area contributed by atoms with Crippen molar-refractivity contribution in [2.24, 2.45) is 0 Å². The molecule has 3 rings (SSSR count). The highest BCUT2D eigenvalue weighted by Gasteiger charge is 2.22. The van der Waals surface area contributed by atoms with Crippen LogP contribution in [0.2, 0.25) is 0 Å². The molecule has 1 aromatic carbocycles. The third-order valence-corrected chi connectivity index (χ3v) is 4.22. The van der Waals surface area contributed by atoms with Crippen molar-refractivity contribution in [2.45, 2.75) is 52.0 Å². The van der Waals surface area contributed by atoms with Crippen molar-refractivity contribution in [3.63, 3.8) is 0 Å². The minimum Gasteiger partial charge on any atom is -0.374 e. The molecule has 24 heavy (non-hydrogen) atoms. The first-order valence-electron chi connectivity index (χ1n) is 8.67. The first-order valence-corrected chi connectivity index (χ1v) is 8.67. The van der Waals surface area contributed by atoms with E-state index in [2.05, 4.69) is 22.4 Å². The minimum absolute atomic E-state index is 0.0857. The summed E-state index contributed by atoms with van der Waals surface area (Å²) in [6.45, 7) is 4.93. The van der Waals surface area contributed by atoms with Gasteiger partial charge in [-0.05, 0) is 38.0 Å². The molecule has 128 valence electrons. The molecular weight excluding hydrogens is 304 g/mol. The number of amides is 1. The van der Waals surface area contributed by atoms with Crippen molar-refractivity contribution in [1.29, 1.82) is 0 Å². The first kappa shape index (κ1) is 16.5. The zero-order valence-corrected chi connectivity index (χ0v) is 14.3. The van der Waals surface area contributed by atoms with Gasteiger partial charge in [0.15, 0.2) is 5.82 Å². The van der Waals surface area contributed by atoms with Gasteiger partial charge >= 0.3 is 0 Å². The number of nitrogens with one attached hydrogen (secondary N) is 1. The third-order valence-electron chi connectivity index (χ3n) is 4.22. The molecular formula is C18H24N4O2. The van der Waals surface area contributed by atoms with E-state index in [0.29, 0.717) is 12.3 Å². The van der Waals surface area contributed by atoms with Crippen molar-refractivity contribution in [2.75, 3.05) is 16.8 Å². The molecule has 1 amide bonds. The van der Waals surface area contributed by atoms with E-state index in [-0.39, 0.29) is 11.9 Å². The largest absolute Gasteiger partial charge is 0.374 e. The number of anilines is 2. The lowest BCUT2D eigenvalue weighted by Crippen LogP contribution is -2.23. The second-order valence-corrected chi connectivity index (χ2v) is 6.22. The van der Waals surface area contributed by atoms with E-state index in [4.69, 9.17) is 4.52 Å². The molecule has 0 spiro atoms. The maximum Gasteiger partial charge on any atom is 0.248 e. The number of nitrogens with zero attached hydrogens (tertiary/aromatic N) is 3. The predicted octanol–water partition coefficient (Wildman–Crippen LogP) is 3.71. The molecule has 1 fully saturated rings. The summed E-state index contributed by atoms with van der Waals surface area (Å²) in [6, 6.07) is 7.81. The van der Waals surface area contributed by atoms with Crippen LogP contribution in [0, 0.1) is 0 Å². The molecule has 1 aromatic heterocycles. The molecule has 6 heteroatoms. The zero-order valence-electron chi connectivity index (χ0n) is 14.3. The molecule has 1 atom stereocenters. The van der Waals surface area contributed by atoms with Crippen LogP contribution in [0.4, 0.5) is 11.4 Å². The van der Waals surface area contributed by atoms with Gasteiger partial charge in [0.05, 0.1) is 0 Å². The Morgan fingerprint density at radius 2 is 2.29 bits per heavy atom. The van der Waals surface area contributed by atoms with Gasteiger partial charge in [-0.15, -0.1) is 0 Å². The van der Waals surface area contributed by atoms with Crippen molar-refractivity contribution in [3.05, 3.63) is 36.0 Å². The fourth-order valence-electron chi connectivity index (χ4n) is 2.88. The number of carbonyl (C=O) groups is 1. The lowest BCUT2D eigenvalue weighted by atomic mass is 10.2. The maximum atomic E-state index is 11.9. The normalized spacial score (nSPS) is 15.8. The van der Waals surface area contributed by atoms with Crippen LogP contribution in [0.3, 0.4) is 0 Å². The van der Waals surface area contributed by atoms with E-state index < -0.39 is 0 Å². The molecule has 0 aliphatic carbocycles. The Morgan fingerprint density at radius 3 is 3.04 bits per heavy atom. The highest BCUT2D eigenvalue weighted by Crippen LogP contribution is 2.26. The van der Waals surface area contributed by atoms with Gasteiger partial charge in [0.1, 0.15) is 6.04 Å². The lowest BCUT2D eigenvalue weighted by Gasteiger charge is -2.18. The molecule has 1 aliphatic rings. The third kappa shape index (κ3) is 3.75. The Kier molecular flexibility index (Phi) is 5.13. The van der Waals surface area contributed by atoms with Crippen LogP contribution in [-0.4, -0.2) is 22.6 Å². The van der Waals surface area contributed by atoms with Crippen LogP contribution in [-0.2, 0) is 11.2 Å². The van der Waals surface area contributed by atoms with Crippen LogP contribution in [0.15, 0.2) is 28.8 Å². The molecule has 2 aromatic rings. The Labute approximate surface area is 142 Å². The Balaban J connectivity index is 1.67. The predicted molar refractivity (Wildman–Crippen MR) is 93.0 cm³/mol. The van der Waals surface area contributed by atoms with Gasteiger partial charge in [-0.1, -0.05) is 24.6 Å². The van der Waals surface area contributed by atoms with Crippen molar-refractivity contribution >= 4 is 17.3 Å². The van der Waals surface area contributed by atoms with E-state index >= 15 is 0 Å². The van der Waals surface area contributed by atoms with Gasteiger partial charge < -0.3 is 14.7 Å². The maximum absolute atomic E-state index is 11.9. The number of aromatic nitrogens is 2. The van der Waals surface area contributed by atoms with Crippen molar-refractivity contribution in [1.82, 2.24) is 10.1 Å². The molecule has 6 nitrogen and oxygen atoms in total. The summed E-state index contributed by atoms with van der Waals surface area (Å²) in [6.07, 6.45) is 4.58. The number of carbonyl (C=O) groups excluding carboxylic acids is 1. The average molecular weight is 328 g/mol. The fourth-order valence-corrected chi connectivity index (χ4v) is 2.88. The van der Waals surface area contributed by atoms with Gasteiger partial charge in [-0.25, -0.2) is 0 Å². The summed E-state index contributed by atoms with van der Waals surface area (Å²) in [5.74, 6) is 1.54. The van der Waals surface area contributed by atoms with Crippen molar-refractivity contribution < 1.29 is 9.32 Å². The highest BCUT2D eigenvalue weighted by molar-refractivity contribution is 5.95. The monoisotopic (exact) mass is 328 g/mol. The standard InChI is InChI=1S/C18H24N4O2/c1-3-4-9-16-20-18(24-21-16)13(2)19-14-7-5-8-15(12-14)22-11-6-10-17(22)23/h5,7-8,12-13,19H,3-4,6,9-11H2,1-2H3/t13-/m1/s1. The highest BCUT2D eigenvalue weighted by atomic mass is 16.5. The molecule has 0 bridgehead atoms. The number of hydrogen-bond donors (Lipinski definition) is 1. The van der Waals surface area contributed by atoms with E-state index in [1.165, 1.54) is 0 Å². The number of unbranched alkanes of at least 4 members (excludes halogenated alkanes) is 1. The van der Waals surface area contributed by atoms with E-state index in [0.717, 1.165) is 49.4 Å². The summed E-state index contributed by atoms with van der Waals surface area (Å²) >= 11 is 0. The lowest BCUT2D eigenvalue weighted by molar-refractivity contribution is -0.117. The van der Waals surface area contributed by atoms with Gasteiger partial charge in [0, 0.05) is 30.8 Å². The number of aryl methyl sites for hydroxylation is 1. The minimum atomic E-state index is -0.0857. The summed E-state index contributed by atoms with van der Waals surface area (Å²) in [7, 11) is 0. The van der Waals surface area contributed by atoms with Gasteiger partial charge in [0.25, 0.3) is 0 Å². The summed E-state index contributed by atoms with van der Waals surface area (Å²) in [5, 5.41) is 7.40.